The zero-order valence-corrected chi connectivity index (χ0v) is 16.9. The predicted molar refractivity (Wildman–Crippen MR) is 117 cm³/mol. The molecule has 3 aromatic rings. The van der Waals surface area contributed by atoms with E-state index in [0.29, 0.717) is 23.4 Å². The third kappa shape index (κ3) is 5.45. The lowest BCUT2D eigenvalue weighted by atomic mass is 10.1. The van der Waals surface area contributed by atoms with Gasteiger partial charge in [0.1, 0.15) is 5.58 Å². The molecule has 0 spiro atoms. The van der Waals surface area contributed by atoms with E-state index in [0.717, 1.165) is 37.0 Å². The Morgan fingerprint density at radius 2 is 1.79 bits per heavy atom. The van der Waals surface area contributed by atoms with Gasteiger partial charge < -0.3 is 20.0 Å². The van der Waals surface area contributed by atoms with Gasteiger partial charge in [-0.05, 0) is 49.8 Å². The van der Waals surface area contributed by atoms with Crippen LogP contribution in [0.1, 0.15) is 20.3 Å². The van der Waals surface area contributed by atoms with Crippen molar-refractivity contribution in [1.82, 2.24) is 10.2 Å². The first-order valence-corrected chi connectivity index (χ1v) is 10.0. The number of benzene rings is 2. The van der Waals surface area contributed by atoms with Gasteiger partial charge in [-0.3, -0.25) is 0 Å². The normalized spacial score (nSPS) is 11.0. The molecule has 1 heterocycles. The largest absolute Gasteiger partial charge is 0.422 e. The van der Waals surface area contributed by atoms with E-state index >= 15 is 0 Å². The monoisotopic (exact) mass is 393 g/mol. The third-order valence-electron chi connectivity index (χ3n) is 4.91. The molecule has 29 heavy (non-hydrogen) atoms. The molecule has 6 heteroatoms. The number of carbonyl (C=O) groups excluding carboxylic acids is 1. The highest BCUT2D eigenvalue weighted by Gasteiger charge is 2.09. The summed E-state index contributed by atoms with van der Waals surface area (Å²) in [7, 11) is 0. The van der Waals surface area contributed by atoms with Crippen LogP contribution >= 0.6 is 0 Å². The number of carbonyl (C=O) groups is 1. The van der Waals surface area contributed by atoms with Gasteiger partial charge in [-0.1, -0.05) is 44.2 Å². The van der Waals surface area contributed by atoms with Gasteiger partial charge in [-0.15, -0.1) is 0 Å². The van der Waals surface area contributed by atoms with Crippen molar-refractivity contribution in [3.8, 4) is 11.1 Å². The Bertz CT molecular complexity index is 1010. The first kappa shape index (κ1) is 20.6. The lowest BCUT2D eigenvalue weighted by molar-refractivity contribution is 0.250. The summed E-state index contributed by atoms with van der Waals surface area (Å²) in [6.07, 6.45) is 0.893. The van der Waals surface area contributed by atoms with Gasteiger partial charge in [-0.25, -0.2) is 9.59 Å². The van der Waals surface area contributed by atoms with Crippen LogP contribution in [0.4, 0.5) is 10.5 Å². The average Bonchev–Trinajstić information content (AvgIpc) is 2.74. The average molecular weight is 393 g/mol. The Morgan fingerprint density at radius 1 is 1.03 bits per heavy atom. The minimum atomic E-state index is -0.401. The van der Waals surface area contributed by atoms with Gasteiger partial charge in [0.05, 0.1) is 5.56 Å². The molecule has 0 aliphatic carbocycles. The van der Waals surface area contributed by atoms with Crippen LogP contribution in [0.5, 0.6) is 0 Å². The molecule has 0 fully saturated rings. The molecule has 0 saturated carbocycles. The zero-order chi connectivity index (χ0) is 20.6. The number of fused-ring (bicyclic) bond motifs is 1. The fourth-order valence-corrected chi connectivity index (χ4v) is 3.23. The number of nitrogens with one attached hydrogen (secondary N) is 2. The Hall–Kier alpha value is -3.12. The molecular weight excluding hydrogens is 366 g/mol. The summed E-state index contributed by atoms with van der Waals surface area (Å²) in [4.78, 5) is 26.8. The minimum absolute atomic E-state index is 0.271. The number of anilines is 1. The van der Waals surface area contributed by atoms with Crippen LogP contribution in [-0.2, 0) is 0 Å². The Morgan fingerprint density at radius 3 is 2.52 bits per heavy atom. The highest BCUT2D eigenvalue weighted by Crippen LogP contribution is 2.23. The van der Waals surface area contributed by atoms with Gasteiger partial charge >= 0.3 is 11.7 Å². The van der Waals surface area contributed by atoms with Gasteiger partial charge in [0.15, 0.2) is 0 Å². The number of urea groups is 1. The second-order valence-electron chi connectivity index (χ2n) is 6.83. The maximum Gasteiger partial charge on any atom is 0.344 e. The zero-order valence-electron chi connectivity index (χ0n) is 16.9. The fraction of sp³-hybridized carbons (Fsp3) is 0.304. The van der Waals surface area contributed by atoms with Crippen LogP contribution in [0.25, 0.3) is 22.1 Å². The van der Waals surface area contributed by atoms with Crippen molar-refractivity contribution in [2.75, 3.05) is 31.5 Å². The van der Waals surface area contributed by atoms with Crippen molar-refractivity contribution in [3.05, 3.63) is 65.0 Å². The summed E-state index contributed by atoms with van der Waals surface area (Å²) in [5.41, 5.74) is 1.95. The van der Waals surface area contributed by atoms with Crippen molar-refractivity contribution >= 4 is 22.7 Å². The molecule has 3 rings (SSSR count). The quantitative estimate of drug-likeness (QED) is 0.442. The lowest BCUT2D eigenvalue weighted by Gasteiger charge is -2.17. The first-order chi connectivity index (χ1) is 14.1. The van der Waals surface area contributed by atoms with Crippen molar-refractivity contribution in [2.24, 2.45) is 0 Å². The van der Waals surface area contributed by atoms with Gasteiger partial charge in [-0.2, -0.15) is 0 Å². The number of amides is 2. The van der Waals surface area contributed by atoms with E-state index < -0.39 is 5.63 Å². The second kappa shape index (κ2) is 9.89. The molecule has 2 aromatic carbocycles. The van der Waals surface area contributed by atoms with E-state index in [2.05, 4.69) is 29.4 Å². The van der Waals surface area contributed by atoms with Crippen LogP contribution in [-0.4, -0.2) is 37.1 Å². The summed E-state index contributed by atoms with van der Waals surface area (Å²) >= 11 is 0. The number of hydrogen-bond acceptors (Lipinski definition) is 4. The van der Waals surface area contributed by atoms with Gasteiger partial charge in [0.2, 0.25) is 0 Å². The van der Waals surface area contributed by atoms with Crippen molar-refractivity contribution < 1.29 is 9.21 Å². The molecule has 0 radical (unpaired) electrons. The SMILES string of the molecule is CCN(CC)CCCNC(=O)Nc1ccc2cc(-c3ccccc3)c(=O)oc2c1. The predicted octanol–water partition coefficient (Wildman–Crippen LogP) is 4.31. The summed E-state index contributed by atoms with van der Waals surface area (Å²) in [5.74, 6) is 0. The Labute approximate surface area is 170 Å². The van der Waals surface area contributed by atoms with Crippen LogP contribution < -0.4 is 16.3 Å². The third-order valence-corrected chi connectivity index (χ3v) is 4.91. The Balaban J connectivity index is 1.64. The van der Waals surface area contributed by atoms with Crippen molar-refractivity contribution in [2.45, 2.75) is 20.3 Å². The fourth-order valence-electron chi connectivity index (χ4n) is 3.23. The smallest absolute Gasteiger partial charge is 0.344 e. The standard InChI is InChI=1S/C23H27N3O3/c1-3-26(4-2)14-8-13-24-23(28)25-19-12-11-18-15-20(17-9-6-5-7-10-17)22(27)29-21(18)16-19/h5-7,9-12,15-16H,3-4,8,13-14H2,1-2H3,(H2,24,25,28). The Kier molecular flexibility index (Phi) is 7.03. The molecule has 0 aliphatic heterocycles. The number of hydrogen-bond donors (Lipinski definition) is 2. The molecule has 0 unspecified atom stereocenters. The van der Waals surface area contributed by atoms with Crippen LogP contribution in [0.3, 0.4) is 0 Å². The van der Waals surface area contributed by atoms with E-state index in [1.807, 2.05) is 42.5 Å². The summed E-state index contributed by atoms with van der Waals surface area (Å²) in [5, 5.41) is 6.45. The molecule has 152 valence electrons. The van der Waals surface area contributed by atoms with E-state index in [4.69, 9.17) is 4.42 Å². The van der Waals surface area contributed by atoms with E-state index in [1.165, 1.54) is 0 Å². The van der Waals surface area contributed by atoms with E-state index in [-0.39, 0.29) is 6.03 Å². The molecule has 6 nitrogen and oxygen atoms in total. The first-order valence-electron chi connectivity index (χ1n) is 10.0. The van der Waals surface area contributed by atoms with Crippen LogP contribution in [0.2, 0.25) is 0 Å². The topological polar surface area (TPSA) is 74.6 Å². The highest BCUT2D eigenvalue weighted by atomic mass is 16.4. The summed E-state index contributed by atoms with van der Waals surface area (Å²) in [6, 6.07) is 16.3. The van der Waals surface area contributed by atoms with Crippen LogP contribution in [0.15, 0.2) is 63.8 Å². The molecule has 2 N–H and O–H groups in total. The molecule has 0 atom stereocenters. The second-order valence-corrected chi connectivity index (χ2v) is 6.83. The molecule has 0 saturated heterocycles. The molecule has 1 aromatic heterocycles. The minimum Gasteiger partial charge on any atom is -0.422 e. The van der Waals surface area contributed by atoms with Gasteiger partial charge in [0, 0.05) is 23.7 Å². The van der Waals surface area contributed by atoms with Crippen molar-refractivity contribution in [3.63, 3.8) is 0 Å². The molecule has 0 bridgehead atoms. The lowest BCUT2D eigenvalue weighted by Crippen LogP contribution is -2.32. The number of rotatable bonds is 8. The summed E-state index contributed by atoms with van der Waals surface area (Å²) < 4.78 is 5.49. The molecule has 0 aliphatic rings. The van der Waals surface area contributed by atoms with E-state index in [1.54, 1.807) is 12.1 Å². The van der Waals surface area contributed by atoms with Crippen LogP contribution in [0, 0.1) is 0 Å². The highest BCUT2D eigenvalue weighted by molar-refractivity contribution is 5.92. The maximum absolute atomic E-state index is 12.4. The molecular formula is C23H27N3O3. The maximum atomic E-state index is 12.4. The van der Waals surface area contributed by atoms with Gasteiger partial charge in [0.25, 0.3) is 0 Å². The van der Waals surface area contributed by atoms with E-state index in [9.17, 15) is 9.59 Å². The number of nitrogens with zero attached hydrogens (tertiary/aromatic N) is 1. The molecule has 2 amide bonds. The van der Waals surface area contributed by atoms with Crippen molar-refractivity contribution in [1.29, 1.82) is 0 Å². The summed E-state index contributed by atoms with van der Waals surface area (Å²) in [6.45, 7) is 7.84.